The molecule has 0 atom stereocenters. The van der Waals surface area contributed by atoms with E-state index in [1.54, 1.807) is 6.21 Å². The molecule has 0 bridgehead atoms. The Balaban J connectivity index is 3.08. The van der Waals surface area contributed by atoms with Crippen molar-refractivity contribution in [2.75, 3.05) is 0 Å². The van der Waals surface area contributed by atoms with Gasteiger partial charge in [0.25, 0.3) is 0 Å². The molecule has 0 aromatic carbocycles. The van der Waals surface area contributed by atoms with E-state index in [0.717, 1.165) is 0 Å². The normalized spacial score (nSPS) is 10.9. The van der Waals surface area contributed by atoms with Crippen molar-refractivity contribution in [3.05, 3.63) is 0 Å². The average Bonchev–Trinajstić information content (AvgIpc) is 1.61. The fourth-order valence-electron chi connectivity index (χ4n) is 0.149. The van der Waals surface area contributed by atoms with Crippen LogP contribution in [0.4, 0.5) is 0 Å². The molecule has 0 radical (unpaired) electrons. The molecule has 2 nitrogen and oxygen atoms in total. The molecule has 0 heterocycles. The summed E-state index contributed by atoms with van der Waals surface area (Å²) in [5.74, 6) is 0.437. The topological polar surface area (TPSA) is 21.6 Å². The van der Waals surface area contributed by atoms with Gasteiger partial charge in [0.1, 0.15) is 0 Å². The van der Waals surface area contributed by atoms with Gasteiger partial charge in [-0.25, -0.2) is 0 Å². The van der Waals surface area contributed by atoms with Gasteiger partial charge in [-0.15, -0.1) is 0 Å². The fraction of sp³-hybridized carbons (Fsp3) is 0.750. The van der Waals surface area contributed by atoms with E-state index < -0.39 is 0 Å². The third kappa shape index (κ3) is 5.82. The maximum Gasteiger partial charge on any atom is 0.0715 e. The molecule has 0 saturated heterocycles. The first kappa shape index (κ1) is 6.82. The zero-order valence-electron chi connectivity index (χ0n) is 4.46. The molecular weight excluding hydrogens is 110 g/mol. The van der Waals surface area contributed by atoms with Crippen LogP contribution in [0.5, 0.6) is 0 Å². The minimum Gasteiger partial charge on any atom is -0.326 e. The Bertz CT molecular complexity index is 62.7. The lowest BCUT2D eigenvalue weighted by Crippen LogP contribution is -1.85. The summed E-state index contributed by atoms with van der Waals surface area (Å²) in [6.07, 6.45) is 1.67. The standard InChI is InChI=1S/C4H9NOS/c1-4(2)3-5-6-7/h3-4,7H,1-2H3/b5-3+. The molecule has 0 unspecified atom stereocenters. The van der Waals surface area contributed by atoms with Crippen LogP contribution in [0.25, 0.3) is 0 Å². The summed E-state index contributed by atoms with van der Waals surface area (Å²) in [6.45, 7) is 4.02. The van der Waals surface area contributed by atoms with Crippen LogP contribution in [0.2, 0.25) is 0 Å². The Labute approximate surface area is 49.2 Å². The molecule has 7 heavy (non-hydrogen) atoms. The second kappa shape index (κ2) is 3.99. The zero-order valence-corrected chi connectivity index (χ0v) is 5.35. The zero-order chi connectivity index (χ0) is 5.70. The lowest BCUT2D eigenvalue weighted by molar-refractivity contribution is 0.413. The second-order valence-electron chi connectivity index (χ2n) is 1.58. The highest BCUT2D eigenvalue weighted by atomic mass is 32.1. The number of hydrogen-bond donors (Lipinski definition) is 1. The van der Waals surface area contributed by atoms with Gasteiger partial charge in [-0.1, -0.05) is 19.0 Å². The highest BCUT2D eigenvalue weighted by Crippen LogP contribution is 1.86. The number of oxime groups is 1. The summed E-state index contributed by atoms with van der Waals surface area (Å²) in [7, 11) is 0. The van der Waals surface area contributed by atoms with Gasteiger partial charge < -0.3 is 4.28 Å². The van der Waals surface area contributed by atoms with Gasteiger partial charge in [-0.05, 0) is 5.92 Å². The van der Waals surface area contributed by atoms with Crippen LogP contribution in [0.3, 0.4) is 0 Å². The number of rotatable bonds is 2. The van der Waals surface area contributed by atoms with Crippen molar-refractivity contribution in [1.82, 2.24) is 0 Å². The van der Waals surface area contributed by atoms with Crippen LogP contribution in [-0.2, 0) is 4.28 Å². The molecule has 42 valence electrons. The van der Waals surface area contributed by atoms with Crippen molar-refractivity contribution < 1.29 is 4.28 Å². The van der Waals surface area contributed by atoms with Crippen molar-refractivity contribution in [1.29, 1.82) is 0 Å². The molecule has 3 heteroatoms. The van der Waals surface area contributed by atoms with E-state index in [1.807, 2.05) is 13.8 Å². The molecule has 0 aromatic heterocycles. The third-order valence-corrected chi connectivity index (χ3v) is 0.500. The van der Waals surface area contributed by atoms with Crippen molar-refractivity contribution in [2.45, 2.75) is 13.8 Å². The molecule has 0 aliphatic carbocycles. The van der Waals surface area contributed by atoms with E-state index in [0.29, 0.717) is 5.92 Å². The van der Waals surface area contributed by atoms with Crippen LogP contribution in [0.15, 0.2) is 5.16 Å². The highest BCUT2D eigenvalue weighted by Gasteiger charge is 1.81. The van der Waals surface area contributed by atoms with Crippen molar-refractivity contribution in [3.8, 4) is 0 Å². The minimum atomic E-state index is 0.437. The van der Waals surface area contributed by atoms with Crippen molar-refractivity contribution >= 4 is 19.1 Å². The van der Waals surface area contributed by atoms with Crippen LogP contribution < -0.4 is 0 Å². The Kier molecular flexibility index (Phi) is 3.89. The molecule has 0 aliphatic rings. The van der Waals surface area contributed by atoms with E-state index >= 15 is 0 Å². The van der Waals surface area contributed by atoms with Gasteiger partial charge in [0.05, 0.1) is 12.9 Å². The van der Waals surface area contributed by atoms with Gasteiger partial charge in [-0.2, -0.15) is 0 Å². The Morgan fingerprint density at radius 2 is 2.29 bits per heavy atom. The van der Waals surface area contributed by atoms with Crippen molar-refractivity contribution in [3.63, 3.8) is 0 Å². The van der Waals surface area contributed by atoms with Crippen LogP contribution in [-0.4, -0.2) is 6.21 Å². The van der Waals surface area contributed by atoms with Gasteiger partial charge in [0.2, 0.25) is 0 Å². The van der Waals surface area contributed by atoms with Gasteiger partial charge in [0.15, 0.2) is 0 Å². The van der Waals surface area contributed by atoms with E-state index in [1.165, 1.54) is 0 Å². The first-order valence-corrected chi connectivity index (χ1v) is 2.48. The maximum atomic E-state index is 4.12. The Hall–Kier alpha value is -0.180. The molecule has 0 aromatic rings. The number of thiol groups is 1. The molecule has 0 amide bonds. The first-order chi connectivity index (χ1) is 3.27. The molecule has 0 N–H and O–H groups in total. The summed E-state index contributed by atoms with van der Waals surface area (Å²) in [6, 6.07) is 0. The maximum absolute atomic E-state index is 4.12. The number of hydrogen-bond acceptors (Lipinski definition) is 3. The predicted octanol–water partition coefficient (Wildman–Crippen LogP) is 1.49. The van der Waals surface area contributed by atoms with Crippen LogP contribution in [0, 0.1) is 5.92 Å². The molecule has 0 rings (SSSR count). The van der Waals surface area contributed by atoms with Gasteiger partial charge in [-0.3, -0.25) is 0 Å². The largest absolute Gasteiger partial charge is 0.326 e. The summed E-state index contributed by atoms with van der Waals surface area (Å²) in [5, 5.41) is 3.41. The van der Waals surface area contributed by atoms with Crippen molar-refractivity contribution in [2.24, 2.45) is 11.1 Å². The van der Waals surface area contributed by atoms with E-state index in [2.05, 4.69) is 22.3 Å². The van der Waals surface area contributed by atoms with E-state index in [9.17, 15) is 0 Å². The predicted molar refractivity (Wildman–Crippen MR) is 33.4 cm³/mol. The van der Waals surface area contributed by atoms with Gasteiger partial charge >= 0.3 is 0 Å². The quantitative estimate of drug-likeness (QED) is 0.253. The first-order valence-electron chi connectivity index (χ1n) is 2.11. The summed E-state index contributed by atoms with van der Waals surface area (Å²) in [5.41, 5.74) is 0. The Morgan fingerprint density at radius 3 is 2.43 bits per heavy atom. The monoisotopic (exact) mass is 119 g/mol. The summed E-state index contributed by atoms with van der Waals surface area (Å²) < 4.78 is 4.12. The summed E-state index contributed by atoms with van der Waals surface area (Å²) in [4.78, 5) is 0. The summed E-state index contributed by atoms with van der Waals surface area (Å²) >= 11 is 3.40. The minimum absolute atomic E-state index is 0.437. The van der Waals surface area contributed by atoms with E-state index in [-0.39, 0.29) is 0 Å². The van der Waals surface area contributed by atoms with Crippen LogP contribution >= 0.6 is 12.9 Å². The molecule has 0 saturated carbocycles. The molecule has 0 aliphatic heterocycles. The average molecular weight is 119 g/mol. The van der Waals surface area contributed by atoms with Gasteiger partial charge in [0, 0.05) is 6.21 Å². The molecule has 0 spiro atoms. The lowest BCUT2D eigenvalue weighted by atomic mass is 10.3. The molecule has 0 fully saturated rings. The Morgan fingerprint density at radius 1 is 1.71 bits per heavy atom. The van der Waals surface area contributed by atoms with Crippen LogP contribution in [0.1, 0.15) is 13.8 Å². The molecular formula is C4H9NOS. The SMILES string of the molecule is CC(C)/C=N/OS. The highest BCUT2D eigenvalue weighted by molar-refractivity contribution is 7.75. The third-order valence-electron chi connectivity index (χ3n) is 0.406. The second-order valence-corrected chi connectivity index (χ2v) is 1.74. The smallest absolute Gasteiger partial charge is 0.0715 e. The van der Waals surface area contributed by atoms with E-state index in [4.69, 9.17) is 0 Å². The number of nitrogens with zero attached hydrogens (tertiary/aromatic N) is 1. The fourth-order valence-corrected chi connectivity index (χ4v) is 0.203. The lowest BCUT2D eigenvalue weighted by Gasteiger charge is -1.87.